The largest absolute Gasteiger partial charge is 0.534 e. The van der Waals surface area contributed by atoms with E-state index in [9.17, 15) is 31.5 Å². The lowest BCUT2D eigenvalue weighted by molar-refractivity contribution is -0.136. The minimum absolute atomic E-state index is 0.0498. The third-order valence-electron chi connectivity index (χ3n) is 5.81. The van der Waals surface area contributed by atoms with Gasteiger partial charge in [0.15, 0.2) is 17.3 Å². The third-order valence-corrected chi connectivity index (χ3v) is 6.77. The summed E-state index contributed by atoms with van der Waals surface area (Å²) < 4.78 is 91.3. The van der Waals surface area contributed by atoms with E-state index in [1.807, 2.05) is 6.07 Å². The molecule has 1 N–H and O–H groups in total. The SMILES string of the molecule is O=C(O)CC1=C(OS(=O)(=O)C(F)(F)F)c2cc(OCc3ccccc3)ccc2OC1c1ccc2c(c1)OCO2. The first-order chi connectivity index (χ1) is 18.5. The van der Waals surface area contributed by atoms with Gasteiger partial charge in [-0.25, -0.2) is 0 Å². The Bertz CT molecular complexity index is 1550. The summed E-state index contributed by atoms with van der Waals surface area (Å²) >= 11 is 0. The standard InChI is InChI=1S/C26H19F3O9S/c27-26(28,29)39(32,33)38-25-18-11-17(34-13-15-4-2-1-3-5-15)7-9-20(18)37-24(19(25)12-23(30)31)16-6-8-21-22(10-16)36-14-35-21/h1-11,24H,12-14H2,(H,30,31). The molecule has 1 atom stereocenters. The van der Waals surface area contributed by atoms with Crippen molar-refractivity contribution in [3.05, 3.63) is 89.0 Å². The summed E-state index contributed by atoms with van der Waals surface area (Å²) in [5.41, 5.74) is -5.28. The molecule has 0 aliphatic carbocycles. The van der Waals surface area contributed by atoms with Crippen LogP contribution in [-0.2, 0) is 25.7 Å². The van der Waals surface area contributed by atoms with Gasteiger partial charge in [0, 0.05) is 11.1 Å². The lowest BCUT2D eigenvalue weighted by Gasteiger charge is -2.31. The number of halogens is 3. The number of carboxylic acid groups (broad SMARTS) is 1. The summed E-state index contributed by atoms with van der Waals surface area (Å²) in [6.07, 6.45) is -2.21. The Labute approximate surface area is 220 Å². The molecule has 0 radical (unpaired) electrons. The average molecular weight is 564 g/mol. The van der Waals surface area contributed by atoms with Crippen LogP contribution in [0.4, 0.5) is 13.2 Å². The minimum Gasteiger partial charge on any atom is -0.489 e. The van der Waals surface area contributed by atoms with Crippen LogP contribution < -0.4 is 18.9 Å². The number of benzene rings is 3. The van der Waals surface area contributed by atoms with Crippen molar-refractivity contribution in [1.29, 1.82) is 0 Å². The molecule has 0 saturated carbocycles. The molecule has 0 saturated heterocycles. The number of ether oxygens (including phenoxy) is 4. The van der Waals surface area contributed by atoms with E-state index in [1.165, 1.54) is 36.4 Å². The molecule has 0 spiro atoms. The number of fused-ring (bicyclic) bond motifs is 2. The number of carbonyl (C=O) groups is 1. The molecule has 1 unspecified atom stereocenters. The predicted molar refractivity (Wildman–Crippen MR) is 128 cm³/mol. The second kappa shape index (κ2) is 10.1. The lowest BCUT2D eigenvalue weighted by atomic mass is 9.92. The average Bonchev–Trinajstić information content (AvgIpc) is 3.36. The zero-order valence-electron chi connectivity index (χ0n) is 19.8. The van der Waals surface area contributed by atoms with Crippen molar-refractivity contribution < 1.29 is 54.6 Å². The van der Waals surface area contributed by atoms with Gasteiger partial charge in [0.1, 0.15) is 24.2 Å². The zero-order valence-corrected chi connectivity index (χ0v) is 20.6. The Morgan fingerprint density at radius 2 is 1.69 bits per heavy atom. The number of alkyl halides is 3. The summed E-state index contributed by atoms with van der Waals surface area (Å²) in [5, 5.41) is 9.59. The minimum atomic E-state index is -6.18. The van der Waals surface area contributed by atoms with Gasteiger partial charge in [0.2, 0.25) is 6.79 Å². The van der Waals surface area contributed by atoms with Crippen LogP contribution >= 0.6 is 0 Å². The van der Waals surface area contributed by atoms with E-state index < -0.39 is 39.9 Å². The summed E-state index contributed by atoms with van der Waals surface area (Å²) in [7, 11) is -6.18. The fourth-order valence-electron chi connectivity index (χ4n) is 4.05. The third kappa shape index (κ3) is 5.43. The van der Waals surface area contributed by atoms with Crippen molar-refractivity contribution in [2.45, 2.75) is 24.6 Å². The first kappa shape index (κ1) is 26.2. The van der Waals surface area contributed by atoms with Crippen LogP contribution in [0.2, 0.25) is 0 Å². The highest BCUT2D eigenvalue weighted by molar-refractivity contribution is 7.87. The van der Waals surface area contributed by atoms with Gasteiger partial charge in [-0.05, 0) is 35.9 Å². The Balaban J connectivity index is 1.62. The van der Waals surface area contributed by atoms with Gasteiger partial charge in [-0.3, -0.25) is 4.79 Å². The van der Waals surface area contributed by atoms with E-state index in [-0.39, 0.29) is 41.6 Å². The lowest BCUT2D eigenvalue weighted by Crippen LogP contribution is -2.28. The van der Waals surface area contributed by atoms with Gasteiger partial charge in [-0.2, -0.15) is 21.6 Å². The van der Waals surface area contributed by atoms with Crippen molar-refractivity contribution in [2.75, 3.05) is 6.79 Å². The fourth-order valence-corrected chi connectivity index (χ4v) is 4.56. The molecular formula is C26H19F3O9S. The van der Waals surface area contributed by atoms with Gasteiger partial charge in [-0.15, -0.1) is 0 Å². The monoisotopic (exact) mass is 564 g/mol. The number of rotatable bonds is 8. The molecule has 39 heavy (non-hydrogen) atoms. The topological polar surface area (TPSA) is 118 Å². The molecule has 9 nitrogen and oxygen atoms in total. The molecular weight excluding hydrogens is 545 g/mol. The van der Waals surface area contributed by atoms with Gasteiger partial charge in [-0.1, -0.05) is 36.4 Å². The first-order valence-corrected chi connectivity index (χ1v) is 12.8. The Hall–Kier alpha value is -4.39. The van der Waals surface area contributed by atoms with Crippen LogP contribution in [0.3, 0.4) is 0 Å². The second-order valence-electron chi connectivity index (χ2n) is 8.45. The van der Waals surface area contributed by atoms with Gasteiger partial charge < -0.3 is 28.2 Å². The van der Waals surface area contributed by atoms with Crippen LogP contribution in [0.5, 0.6) is 23.0 Å². The van der Waals surface area contributed by atoms with E-state index in [4.69, 9.17) is 18.9 Å². The number of aliphatic carboxylic acids is 1. The summed E-state index contributed by atoms with van der Waals surface area (Å²) in [6.45, 7) is 0.0396. The van der Waals surface area contributed by atoms with Crippen molar-refractivity contribution >= 4 is 21.8 Å². The quantitative estimate of drug-likeness (QED) is 0.292. The highest BCUT2D eigenvalue weighted by Gasteiger charge is 2.50. The van der Waals surface area contributed by atoms with Gasteiger partial charge in [0.05, 0.1) is 12.0 Å². The maximum atomic E-state index is 13.4. The number of hydrogen-bond donors (Lipinski definition) is 1. The van der Waals surface area contributed by atoms with Crippen LogP contribution in [0, 0.1) is 0 Å². The first-order valence-electron chi connectivity index (χ1n) is 11.3. The normalized spacial score (nSPS) is 16.3. The van der Waals surface area contributed by atoms with Crippen molar-refractivity contribution in [1.82, 2.24) is 0 Å². The Morgan fingerprint density at radius 3 is 2.41 bits per heavy atom. The molecule has 13 heteroatoms. The van der Waals surface area contributed by atoms with Crippen molar-refractivity contribution in [2.24, 2.45) is 0 Å². The summed E-state index contributed by atoms with van der Waals surface area (Å²) in [6, 6.07) is 17.6. The van der Waals surface area contributed by atoms with Crippen LogP contribution in [0.25, 0.3) is 5.76 Å². The maximum Gasteiger partial charge on any atom is 0.534 e. The molecule has 2 aliphatic heterocycles. The smallest absolute Gasteiger partial charge is 0.489 e. The zero-order chi connectivity index (χ0) is 27.8. The van der Waals surface area contributed by atoms with Crippen molar-refractivity contribution in [3.8, 4) is 23.0 Å². The molecule has 5 rings (SSSR count). The summed E-state index contributed by atoms with van der Waals surface area (Å²) in [4.78, 5) is 11.8. The van der Waals surface area contributed by atoms with Crippen LogP contribution in [0.1, 0.15) is 29.2 Å². The van der Waals surface area contributed by atoms with E-state index in [0.29, 0.717) is 11.5 Å². The van der Waals surface area contributed by atoms with Crippen LogP contribution in [0.15, 0.2) is 72.3 Å². The van der Waals surface area contributed by atoms with E-state index in [2.05, 4.69) is 4.18 Å². The summed E-state index contributed by atoms with van der Waals surface area (Å²) in [5.74, 6) is -1.47. The molecule has 3 aromatic carbocycles. The molecule has 0 bridgehead atoms. The Kier molecular flexibility index (Phi) is 6.76. The highest BCUT2D eigenvalue weighted by atomic mass is 32.2. The van der Waals surface area contributed by atoms with Crippen LogP contribution in [-0.4, -0.2) is 31.8 Å². The highest BCUT2D eigenvalue weighted by Crippen LogP contribution is 2.48. The van der Waals surface area contributed by atoms with Crippen molar-refractivity contribution in [3.63, 3.8) is 0 Å². The molecule has 0 aromatic heterocycles. The molecule has 0 fully saturated rings. The number of carboxylic acids is 1. The molecule has 3 aromatic rings. The van der Waals surface area contributed by atoms with E-state index in [1.54, 1.807) is 24.3 Å². The predicted octanol–water partition coefficient (Wildman–Crippen LogP) is 5.18. The molecule has 204 valence electrons. The van der Waals surface area contributed by atoms with E-state index in [0.717, 1.165) is 5.56 Å². The molecule has 2 aliphatic rings. The fraction of sp³-hybridized carbons (Fsp3) is 0.192. The molecule has 2 heterocycles. The number of hydrogen-bond acceptors (Lipinski definition) is 8. The van der Waals surface area contributed by atoms with E-state index >= 15 is 0 Å². The van der Waals surface area contributed by atoms with Gasteiger partial charge in [0.25, 0.3) is 0 Å². The molecule has 0 amide bonds. The second-order valence-corrected chi connectivity index (χ2v) is 9.99. The maximum absolute atomic E-state index is 13.4. The van der Waals surface area contributed by atoms with Gasteiger partial charge >= 0.3 is 21.6 Å². The Morgan fingerprint density at radius 1 is 0.974 bits per heavy atom.